The number of nitrogens with two attached hydrogens (primary N) is 1. The fourth-order valence-electron chi connectivity index (χ4n) is 2.23. The molecule has 1 aromatic rings. The summed E-state index contributed by atoms with van der Waals surface area (Å²) in [6.07, 6.45) is 1.09. The fraction of sp³-hybridized carbons (Fsp3) is 0.500. The SMILES string of the molecule is CCc1cccc2c1NCC2C(C)N. The minimum atomic E-state index is 0.232. The van der Waals surface area contributed by atoms with Crippen molar-refractivity contribution < 1.29 is 0 Å². The zero-order valence-corrected chi connectivity index (χ0v) is 8.88. The van der Waals surface area contributed by atoms with E-state index in [0.717, 1.165) is 13.0 Å². The molecule has 14 heavy (non-hydrogen) atoms. The molecular formula is C12H18N2. The van der Waals surface area contributed by atoms with Gasteiger partial charge in [0.1, 0.15) is 0 Å². The van der Waals surface area contributed by atoms with Gasteiger partial charge in [-0.3, -0.25) is 0 Å². The van der Waals surface area contributed by atoms with E-state index in [1.54, 1.807) is 0 Å². The first kappa shape index (κ1) is 9.53. The highest BCUT2D eigenvalue weighted by Gasteiger charge is 2.26. The molecular weight excluding hydrogens is 172 g/mol. The van der Waals surface area contributed by atoms with Crippen LogP contribution in [0, 0.1) is 0 Å². The van der Waals surface area contributed by atoms with Crippen molar-refractivity contribution in [2.45, 2.75) is 32.2 Å². The zero-order valence-electron chi connectivity index (χ0n) is 8.88. The molecule has 2 atom stereocenters. The Morgan fingerprint density at radius 1 is 1.57 bits per heavy atom. The number of hydrogen-bond acceptors (Lipinski definition) is 2. The van der Waals surface area contributed by atoms with Crippen molar-refractivity contribution in [3.05, 3.63) is 29.3 Å². The van der Waals surface area contributed by atoms with E-state index in [1.165, 1.54) is 16.8 Å². The third-order valence-electron chi connectivity index (χ3n) is 3.10. The van der Waals surface area contributed by atoms with Crippen molar-refractivity contribution in [3.8, 4) is 0 Å². The Morgan fingerprint density at radius 2 is 2.36 bits per heavy atom. The number of fused-ring (bicyclic) bond motifs is 1. The van der Waals surface area contributed by atoms with E-state index in [4.69, 9.17) is 5.73 Å². The summed E-state index contributed by atoms with van der Waals surface area (Å²) in [6.45, 7) is 5.26. The van der Waals surface area contributed by atoms with Crippen LogP contribution >= 0.6 is 0 Å². The van der Waals surface area contributed by atoms with Gasteiger partial charge in [-0.25, -0.2) is 0 Å². The van der Waals surface area contributed by atoms with E-state index >= 15 is 0 Å². The summed E-state index contributed by atoms with van der Waals surface area (Å²) in [5.41, 5.74) is 10.1. The van der Waals surface area contributed by atoms with Crippen LogP contribution in [-0.4, -0.2) is 12.6 Å². The number of hydrogen-bond donors (Lipinski definition) is 2. The van der Waals surface area contributed by atoms with E-state index < -0.39 is 0 Å². The summed E-state index contributed by atoms with van der Waals surface area (Å²) in [5, 5.41) is 3.47. The molecule has 3 N–H and O–H groups in total. The molecule has 0 saturated carbocycles. The molecule has 0 aromatic heterocycles. The highest BCUT2D eigenvalue weighted by Crippen LogP contribution is 2.35. The van der Waals surface area contributed by atoms with Gasteiger partial charge in [-0.15, -0.1) is 0 Å². The van der Waals surface area contributed by atoms with Gasteiger partial charge in [-0.05, 0) is 24.5 Å². The molecule has 2 nitrogen and oxygen atoms in total. The van der Waals surface area contributed by atoms with Gasteiger partial charge in [0.2, 0.25) is 0 Å². The van der Waals surface area contributed by atoms with Crippen LogP contribution < -0.4 is 11.1 Å². The van der Waals surface area contributed by atoms with E-state index in [0.29, 0.717) is 5.92 Å². The van der Waals surface area contributed by atoms with Gasteiger partial charge >= 0.3 is 0 Å². The molecule has 1 aliphatic heterocycles. The first-order valence-corrected chi connectivity index (χ1v) is 5.35. The molecule has 0 saturated heterocycles. The highest BCUT2D eigenvalue weighted by molar-refractivity contribution is 5.63. The average molecular weight is 190 g/mol. The maximum Gasteiger partial charge on any atom is 0.0409 e. The lowest BCUT2D eigenvalue weighted by atomic mass is 9.93. The quantitative estimate of drug-likeness (QED) is 0.749. The van der Waals surface area contributed by atoms with Crippen LogP contribution in [0.1, 0.15) is 30.9 Å². The Labute approximate surface area is 85.5 Å². The van der Waals surface area contributed by atoms with Gasteiger partial charge in [0, 0.05) is 24.2 Å². The van der Waals surface area contributed by atoms with Crippen LogP contribution in [0.15, 0.2) is 18.2 Å². The monoisotopic (exact) mass is 190 g/mol. The van der Waals surface area contributed by atoms with Gasteiger partial charge in [0.15, 0.2) is 0 Å². The van der Waals surface area contributed by atoms with Crippen LogP contribution in [0.2, 0.25) is 0 Å². The predicted octanol–water partition coefficient (Wildman–Crippen LogP) is 2.11. The number of aryl methyl sites for hydroxylation is 1. The van der Waals surface area contributed by atoms with Crippen LogP contribution in [0.25, 0.3) is 0 Å². The van der Waals surface area contributed by atoms with Crippen LogP contribution in [0.4, 0.5) is 5.69 Å². The highest BCUT2D eigenvalue weighted by atomic mass is 14.9. The standard InChI is InChI=1S/C12H18N2/c1-3-9-5-4-6-10-11(8(2)13)7-14-12(9)10/h4-6,8,11,14H,3,7,13H2,1-2H3. The van der Waals surface area contributed by atoms with Crippen molar-refractivity contribution in [2.75, 3.05) is 11.9 Å². The maximum atomic E-state index is 5.96. The van der Waals surface area contributed by atoms with Crippen LogP contribution in [0.3, 0.4) is 0 Å². The lowest BCUT2D eigenvalue weighted by Gasteiger charge is -2.14. The zero-order chi connectivity index (χ0) is 10.1. The van der Waals surface area contributed by atoms with Gasteiger partial charge < -0.3 is 11.1 Å². The fourth-order valence-corrected chi connectivity index (χ4v) is 2.23. The van der Waals surface area contributed by atoms with Crippen molar-refractivity contribution in [2.24, 2.45) is 5.73 Å². The number of anilines is 1. The molecule has 0 bridgehead atoms. The Kier molecular flexibility index (Phi) is 2.46. The smallest absolute Gasteiger partial charge is 0.0409 e. The van der Waals surface area contributed by atoms with Crippen molar-refractivity contribution in [1.82, 2.24) is 0 Å². The molecule has 2 unspecified atom stereocenters. The van der Waals surface area contributed by atoms with Crippen molar-refractivity contribution in [3.63, 3.8) is 0 Å². The minimum Gasteiger partial charge on any atom is -0.384 e. The predicted molar refractivity (Wildman–Crippen MR) is 60.7 cm³/mol. The van der Waals surface area contributed by atoms with Crippen LogP contribution in [0.5, 0.6) is 0 Å². The maximum absolute atomic E-state index is 5.96. The third kappa shape index (κ3) is 1.40. The minimum absolute atomic E-state index is 0.232. The molecule has 76 valence electrons. The molecule has 0 radical (unpaired) electrons. The number of para-hydroxylation sites is 1. The van der Waals surface area contributed by atoms with Gasteiger partial charge in [0.25, 0.3) is 0 Å². The van der Waals surface area contributed by atoms with Gasteiger partial charge in [-0.2, -0.15) is 0 Å². The van der Waals surface area contributed by atoms with E-state index in [2.05, 4.69) is 37.4 Å². The molecule has 0 spiro atoms. The van der Waals surface area contributed by atoms with Gasteiger partial charge in [-0.1, -0.05) is 25.1 Å². The van der Waals surface area contributed by atoms with E-state index in [1.807, 2.05) is 0 Å². The van der Waals surface area contributed by atoms with E-state index in [-0.39, 0.29) is 6.04 Å². The molecule has 0 amide bonds. The number of nitrogens with one attached hydrogen (secondary N) is 1. The molecule has 2 rings (SSSR count). The molecule has 1 aliphatic rings. The molecule has 0 fully saturated rings. The molecule has 1 heterocycles. The first-order valence-electron chi connectivity index (χ1n) is 5.35. The van der Waals surface area contributed by atoms with Crippen molar-refractivity contribution in [1.29, 1.82) is 0 Å². The normalized spacial score (nSPS) is 21.5. The largest absolute Gasteiger partial charge is 0.384 e. The second kappa shape index (κ2) is 3.62. The topological polar surface area (TPSA) is 38.0 Å². The summed E-state index contributed by atoms with van der Waals surface area (Å²) < 4.78 is 0. The van der Waals surface area contributed by atoms with Crippen LogP contribution in [-0.2, 0) is 6.42 Å². The van der Waals surface area contributed by atoms with Crippen molar-refractivity contribution >= 4 is 5.69 Å². The van der Waals surface area contributed by atoms with E-state index in [9.17, 15) is 0 Å². The molecule has 0 aliphatic carbocycles. The average Bonchev–Trinajstić information content (AvgIpc) is 2.60. The summed E-state index contributed by atoms with van der Waals surface area (Å²) in [4.78, 5) is 0. The first-order chi connectivity index (χ1) is 6.74. The summed E-state index contributed by atoms with van der Waals surface area (Å²) >= 11 is 0. The van der Waals surface area contributed by atoms with Gasteiger partial charge in [0.05, 0.1) is 0 Å². The second-order valence-corrected chi connectivity index (χ2v) is 4.08. The summed E-state index contributed by atoms with van der Waals surface area (Å²) in [5.74, 6) is 0.483. The Bertz CT molecular complexity index is 331. The Hall–Kier alpha value is -1.02. The second-order valence-electron chi connectivity index (χ2n) is 4.08. The summed E-state index contributed by atoms with van der Waals surface area (Å²) in [6, 6.07) is 6.76. The Morgan fingerprint density at radius 3 is 3.00 bits per heavy atom. The summed E-state index contributed by atoms with van der Waals surface area (Å²) in [7, 11) is 0. The number of benzene rings is 1. The third-order valence-corrected chi connectivity index (χ3v) is 3.10. The Balaban J connectivity index is 2.41. The molecule has 1 aromatic carbocycles. The lowest BCUT2D eigenvalue weighted by molar-refractivity contribution is 0.610. The lowest BCUT2D eigenvalue weighted by Crippen LogP contribution is -2.25. The number of rotatable bonds is 2. The molecule has 2 heteroatoms.